The number of halogens is 1. The van der Waals surface area contributed by atoms with Gasteiger partial charge in [-0.1, -0.05) is 48.0 Å². The minimum absolute atomic E-state index is 0.0146. The van der Waals surface area contributed by atoms with E-state index in [9.17, 15) is 4.79 Å². The van der Waals surface area contributed by atoms with Crippen LogP contribution in [-0.2, 0) is 6.61 Å². The normalized spacial score (nSPS) is 20.8. The highest BCUT2D eigenvalue weighted by Gasteiger charge is 2.35. The molecule has 1 amide bonds. The van der Waals surface area contributed by atoms with Gasteiger partial charge in [0.05, 0.1) is 10.6 Å². The maximum absolute atomic E-state index is 13.4. The Bertz CT molecular complexity index is 1090. The fraction of sp³-hybridized carbons (Fsp3) is 0.333. The van der Waals surface area contributed by atoms with Crippen molar-refractivity contribution in [3.8, 4) is 5.75 Å². The zero-order chi connectivity index (χ0) is 22.6. The van der Waals surface area contributed by atoms with Crippen LogP contribution in [0.5, 0.6) is 5.75 Å². The minimum atomic E-state index is -0.0146. The quantitative estimate of drug-likeness (QED) is 0.535. The summed E-state index contributed by atoms with van der Waals surface area (Å²) in [5, 5.41) is 0.381. The molecule has 5 rings (SSSR count). The lowest BCUT2D eigenvalue weighted by Gasteiger charge is -2.46. The first-order valence-corrected chi connectivity index (χ1v) is 12.0. The van der Waals surface area contributed by atoms with Crippen LogP contribution in [0.15, 0.2) is 73.1 Å². The average Bonchev–Trinajstić information content (AvgIpc) is 2.88. The lowest BCUT2D eigenvalue weighted by atomic mass is 9.86. The maximum atomic E-state index is 13.4. The Balaban J connectivity index is 1.23. The van der Waals surface area contributed by atoms with Crippen molar-refractivity contribution in [1.82, 2.24) is 14.8 Å². The van der Waals surface area contributed by atoms with Gasteiger partial charge < -0.3 is 9.64 Å². The van der Waals surface area contributed by atoms with Crippen LogP contribution in [0.3, 0.4) is 0 Å². The van der Waals surface area contributed by atoms with Gasteiger partial charge in [0, 0.05) is 44.6 Å². The molecule has 0 aliphatic carbocycles. The largest absolute Gasteiger partial charge is 0.487 e. The summed E-state index contributed by atoms with van der Waals surface area (Å²) in [7, 11) is 0. The molecule has 6 heteroatoms. The van der Waals surface area contributed by atoms with Gasteiger partial charge in [-0.25, -0.2) is 0 Å². The second-order valence-corrected chi connectivity index (χ2v) is 9.22. The van der Waals surface area contributed by atoms with Crippen molar-refractivity contribution in [1.29, 1.82) is 0 Å². The van der Waals surface area contributed by atoms with E-state index in [0.29, 0.717) is 34.9 Å². The van der Waals surface area contributed by atoms with Crippen LogP contribution in [-0.4, -0.2) is 52.9 Å². The topological polar surface area (TPSA) is 45.7 Å². The molecule has 0 N–H and O–H groups in total. The Morgan fingerprint density at radius 2 is 1.79 bits per heavy atom. The van der Waals surface area contributed by atoms with Gasteiger partial charge in [-0.2, -0.15) is 0 Å². The Hall–Kier alpha value is -2.89. The number of nitrogens with zero attached hydrogens (tertiary/aromatic N) is 3. The van der Waals surface area contributed by atoms with Crippen LogP contribution >= 0.6 is 11.6 Å². The molecule has 3 aromatic rings. The molecule has 0 saturated carbocycles. The van der Waals surface area contributed by atoms with E-state index in [-0.39, 0.29) is 5.91 Å². The maximum Gasteiger partial charge on any atom is 0.255 e. The van der Waals surface area contributed by atoms with Crippen molar-refractivity contribution in [2.24, 2.45) is 0 Å². The van der Waals surface area contributed by atoms with E-state index < -0.39 is 0 Å². The molecule has 0 unspecified atom stereocenters. The monoisotopic (exact) mass is 461 g/mol. The van der Waals surface area contributed by atoms with Gasteiger partial charge in [-0.3, -0.25) is 14.7 Å². The van der Waals surface area contributed by atoms with Gasteiger partial charge in [0.25, 0.3) is 5.91 Å². The third-order valence-corrected chi connectivity index (χ3v) is 7.19. The molecule has 1 aromatic heterocycles. The van der Waals surface area contributed by atoms with E-state index in [1.165, 1.54) is 5.56 Å². The number of fused-ring (bicyclic) bond motifs is 1. The predicted molar refractivity (Wildman–Crippen MR) is 130 cm³/mol. The highest BCUT2D eigenvalue weighted by molar-refractivity contribution is 6.35. The number of piperazine rings is 1. The summed E-state index contributed by atoms with van der Waals surface area (Å²) < 4.78 is 5.90. The predicted octanol–water partition coefficient (Wildman–Crippen LogP) is 5.02. The lowest BCUT2D eigenvalue weighted by Crippen LogP contribution is -2.57. The molecule has 2 aromatic carbocycles. The van der Waals surface area contributed by atoms with E-state index >= 15 is 0 Å². The highest BCUT2D eigenvalue weighted by Crippen LogP contribution is 2.33. The Labute approximate surface area is 200 Å². The van der Waals surface area contributed by atoms with Crippen molar-refractivity contribution >= 4 is 17.5 Å². The van der Waals surface area contributed by atoms with E-state index in [0.717, 1.165) is 44.6 Å². The van der Waals surface area contributed by atoms with Crippen molar-refractivity contribution in [3.05, 3.63) is 94.8 Å². The van der Waals surface area contributed by atoms with Crippen LogP contribution in [0.25, 0.3) is 0 Å². The molecule has 0 spiro atoms. The zero-order valence-electron chi connectivity index (χ0n) is 18.6. The number of piperidine rings is 1. The molecular weight excluding hydrogens is 434 g/mol. The lowest BCUT2D eigenvalue weighted by molar-refractivity contribution is 0.0329. The molecule has 2 fully saturated rings. The molecule has 2 aliphatic rings. The summed E-state index contributed by atoms with van der Waals surface area (Å²) in [6, 6.07) is 20.4. The zero-order valence-corrected chi connectivity index (χ0v) is 19.3. The summed E-state index contributed by atoms with van der Waals surface area (Å²) in [6.45, 7) is 3.81. The Morgan fingerprint density at radius 3 is 2.61 bits per heavy atom. The number of carbonyl (C=O) groups is 1. The van der Waals surface area contributed by atoms with Crippen LogP contribution in [0.2, 0.25) is 5.02 Å². The number of benzene rings is 2. The number of ether oxygens (including phenoxy) is 1. The Morgan fingerprint density at radius 1 is 0.970 bits per heavy atom. The van der Waals surface area contributed by atoms with Crippen LogP contribution in [0, 0.1) is 0 Å². The van der Waals surface area contributed by atoms with Gasteiger partial charge in [0.1, 0.15) is 12.4 Å². The van der Waals surface area contributed by atoms with Gasteiger partial charge >= 0.3 is 0 Å². The average molecular weight is 462 g/mol. The van der Waals surface area contributed by atoms with Crippen molar-refractivity contribution in [3.63, 3.8) is 0 Å². The summed E-state index contributed by atoms with van der Waals surface area (Å²) in [6.07, 6.45) is 5.72. The molecular formula is C27H28ClN3O2. The van der Waals surface area contributed by atoms with Crippen molar-refractivity contribution in [2.45, 2.75) is 31.4 Å². The first-order valence-electron chi connectivity index (χ1n) is 11.6. The first kappa shape index (κ1) is 21.9. The first-order chi connectivity index (χ1) is 16.2. The SMILES string of the molecule is O=C(c1cccc(OCc2ccncc2)c1Cl)N1CCN2C[C@@H](c3ccccc3)CC[C@@H]2C1. The molecule has 5 nitrogen and oxygen atoms in total. The molecule has 0 radical (unpaired) electrons. The summed E-state index contributed by atoms with van der Waals surface area (Å²) in [5.74, 6) is 1.09. The number of hydrogen-bond donors (Lipinski definition) is 0. The Kier molecular flexibility index (Phi) is 6.60. The van der Waals surface area contributed by atoms with E-state index in [4.69, 9.17) is 16.3 Å². The van der Waals surface area contributed by atoms with Crippen LogP contribution in [0.4, 0.5) is 0 Å². The van der Waals surface area contributed by atoms with Crippen molar-refractivity contribution < 1.29 is 9.53 Å². The molecule has 2 atom stereocenters. The number of amides is 1. The van der Waals surface area contributed by atoms with Gasteiger partial charge in [0.15, 0.2) is 0 Å². The van der Waals surface area contributed by atoms with E-state index in [1.54, 1.807) is 18.5 Å². The second-order valence-electron chi connectivity index (χ2n) is 8.85. The van der Waals surface area contributed by atoms with Gasteiger partial charge in [-0.15, -0.1) is 0 Å². The van der Waals surface area contributed by atoms with E-state index in [1.807, 2.05) is 29.2 Å². The molecule has 2 aliphatic heterocycles. The highest BCUT2D eigenvalue weighted by atomic mass is 35.5. The standard InChI is InChI=1S/C27H28ClN3O2/c28-26-24(7-4-8-25(26)33-19-20-11-13-29-14-12-20)27(32)31-16-15-30-17-22(9-10-23(30)18-31)21-5-2-1-3-6-21/h1-8,11-14,22-23H,9-10,15-19H2/t22-,23+/m0/s1. The second kappa shape index (κ2) is 9.94. The van der Waals surface area contributed by atoms with Gasteiger partial charge in [-0.05, 0) is 54.2 Å². The van der Waals surface area contributed by atoms with Crippen LogP contribution in [0.1, 0.15) is 40.2 Å². The number of hydrogen-bond acceptors (Lipinski definition) is 4. The third kappa shape index (κ3) is 4.90. The summed E-state index contributed by atoms with van der Waals surface area (Å²) in [4.78, 5) is 21.9. The fourth-order valence-electron chi connectivity index (χ4n) is 4.95. The van der Waals surface area contributed by atoms with Gasteiger partial charge in [0.2, 0.25) is 0 Å². The molecule has 33 heavy (non-hydrogen) atoms. The van der Waals surface area contributed by atoms with E-state index in [2.05, 4.69) is 40.2 Å². The van der Waals surface area contributed by atoms with Crippen LogP contribution < -0.4 is 4.74 Å². The fourth-order valence-corrected chi connectivity index (χ4v) is 5.22. The molecule has 170 valence electrons. The smallest absolute Gasteiger partial charge is 0.255 e. The van der Waals surface area contributed by atoms with Crippen molar-refractivity contribution in [2.75, 3.05) is 26.2 Å². The number of pyridine rings is 1. The minimum Gasteiger partial charge on any atom is -0.487 e. The molecule has 0 bridgehead atoms. The summed E-state index contributed by atoms with van der Waals surface area (Å²) >= 11 is 6.62. The third-order valence-electron chi connectivity index (χ3n) is 6.80. The number of aromatic nitrogens is 1. The summed E-state index contributed by atoms with van der Waals surface area (Å²) in [5.41, 5.74) is 2.93. The molecule has 2 saturated heterocycles. The number of rotatable bonds is 5. The number of carbonyl (C=O) groups excluding carboxylic acids is 1. The molecule has 3 heterocycles.